The van der Waals surface area contributed by atoms with Crippen LogP contribution in [0.2, 0.25) is 0 Å². The van der Waals surface area contributed by atoms with Gasteiger partial charge in [-0.15, -0.1) is 0 Å². The van der Waals surface area contributed by atoms with Gasteiger partial charge in [0.15, 0.2) is 17.5 Å². The van der Waals surface area contributed by atoms with Gasteiger partial charge >= 0.3 is 0 Å². The van der Waals surface area contributed by atoms with Crippen molar-refractivity contribution in [3.8, 4) is 39.9 Å². The first kappa shape index (κ1) is 29.5. The molecule has 246 valence electrons. The molecule has 0 saturated carbocycles. The van der Waals surface area contributed by atoms with Crippen LogP contribution in [0, 0.1) is 0 Å². The van der Waals surface area contributed by atoms with E-state index in [-0.39, 0.29) is 0 Å². The van der Waals surface area contributed by atoms with Gasteiger partial charge in [-0.3, -0.25) is 0 Å². The second kappa shape index (κ2) is 11.7. The zero-order valence-electron chi connectivity index (χ0n) is 28.6. The molecule has 0 aliphatic rings. The number of fused-ring (bicyclic) bond motifs is 11. The first-order chi connectivity index (χ1) is 26.3. The fourth-order valence-corrected chi connectivity index (χ4v) is 8.23. The van der Waals surface area contributed by atoms with E-state index in [0.717, 1.165) is 33.2 Å². The minimum atomic E-state index is 0.637. The molecular formula is C49H30N4. The quantitative estimate of drug-likeness (QED) is 0.175. The Bertz CT molecular complexity index is 3210. The number of aromatic nitrogens is 4. The molecule has 0 bridgehead atoms. The lowest BCUT2D eigenvalue weighted by Gasteiger charge is -2.14. The van der Waals surface area contributed by atoms with Crippen molar-refractivity contribution in [2.75, 3.05) is 0 Å². The molecule has 0 amide bonds. The number of hydrogen-bond acceptors (Lipinski definition) is 3. The Hall–Kier alpha value is -7.17. The van der Waals surface area contributed by atoms with Gasteiger partial charge in [0, 0.05) is 43.9 Å². The van der Waals surface area contributed by atoms with Crippen LogP contribution in [0.5, 0.6) is 0 Å². The van der Waals surface area contributed by atoms with Crippen molar-refractivity contribution < 1.29 is 0 Å². The maximum Gasteiger partial charge on any atom is 0.164 e. The summed E-state index contributed by atoms with van der Waals surface area (Å²) in [6, 6.07) is 64.4. The number of benzene rings is 9. The molecule has 0 radical (unpaired) electrons. The Labute approximate surface area is 305 Å². The normalized spacial score (nSPS) is 11.8. The summed E-state index contributed by atoms with van der Waals surface area (Å²) in [5, 5.41) is 12.3. The van der Waals surface area contributed by atoms with Crippen LogP contribution < -0.4 is 0 Å². The smallest absolute Gasteiger partial charge is 0.164 e. The first-order valence-electron chi connectivity index (χ1n) is 18.0. The Morgan fingerprint density at radius 2 is 0.887 bits per heavy atom. The molecular weight excluding hydrogens is 645 g/mol. The predicted molar refractivity (Wildman–Crippen MR) is 220 cm³/mol. The van der Waals surface area contributed by atoms with Gasteiger partial charge < -0.3 is 4.57 Å². The summed E-state index contributed by atoms with van der Waals surface area (Å²) in [5.41, 5.74) is 6.32. The molecule has 0 spiro atoms. The van der Waals surface area contributed by atoms with Crippen molar-refractivity contribution in [3.05, 3.63) is 182 Å². The molecule has 0 aliphatic heterocycles. The van der Waals surface area contributed by atoms with Crippen LogP contribution in [0.3, 0.4) is 0 Å². The van der Waals surface area contributed by atoms with Crippen LogP contribution in [0.15, 0.2) is 182 Å². The third kappa shape index (κ3) is 4.59. The van der Waals surface area contributed by atoms with E-state index in [1.165, 1.54) is 54.1 Å². The van der Waals surface area contributed by atoms with E-state index in [2.05, 4.69) is 168 Å². The molecule has 0 aliphatic carbocycles. The minimum Gasteiger partial charge on any atom is -0.309 e. The Morgan fingerprint density at radius 3 is 1.66 bits per heavy atom. The van der Waals surface area contributed by atoms with Gasteiger partial charge in [0.25, 0.3) is 0 Å². The highest BCUT2D eigenvalue weighted by Crippen LogP contribution is 2.44. The van der Waals surface area contributed by atoms with Gasteiger partial charge in [-0.1, -0.05) is 152 Å². The molecule has 2 aromatic heterocycles. The molecule has 4 heteroatoms. The first-order valence-corrected chi connectivity index (χ1v) is 18.0. The van der Waals surface area contributed by atoms with Crippen LogP contribution in [0.4, 0.5) is 0 Å². The third-order valence-corrected chi connectivity index (χ3v) is 10.6. The van der Waals surface area contributed by atoms with Crippen LogP contribution >= 0.6 is 0 Å². The van der Waals surface area contributed by atoms with Crippen molar-refractivity contribution in [1.82, 2.24) is 19.5 Å². The molecule has 0 N–H and O–H groups in total. The van der Waals surface area contributed by atoms with E-state index in [1.54, 1.807) is 0 Å². The van der Waals surface area contributed by atoms with Gasteiger partial charge in [0.2, 0.25) is 0 Å². The Morgan fingerprint density at radius 1 is 0.321 bits per heavy atom. The van der Waals surface area contributed by atoms with Gasteiger partial charge in [-0.05, 0) is 62.6 Å². The lowest BCUT2D eigenvalue weighted by Crippen LogP contribution is -2.01. The summed E-state index contributed by atoms with van der Waals surface area (Å²) in [4.78, 5) is 15.2. The maximum absolute atomic E-state index is 5.12. The molecule has 53 heavy (non-hydrogen) atoms. The molecule has 4 nitrogen and oxygen atoms in total. The summed E-state index contributed by atoms with van der Waals surface area (Å²) in [7, 11) is 0. The second-order valence-corrected chi connectivity index (χ2v) is 13.6. The molecule has 0 unspecified atom stereocenters. The monoisotopic (exact) mass is 674 g/mol. The minimum absolute atomic E-state index is 0.637. The van der Waals surface area contributed by atoms with E-state index >= 15 is 0 Å². The molecule has 11 rings (SSSR count). The highest BCUT2D eigenvalue weighted by Gasteiger charge is 2.21. The summed E-state index contributed by atoms with van der Waals surface area (Å²) in [6.07, 6.45) is 0. The SMILES string of the molecule is c1ccc(-c2nc(-c3ccc(-n4c5ccccc5c5c6c7ccccc7ccc6c6ccccc6c54)cc3)nc(-c3cccc4ccccc34)n2)cc1. The van der Waals surface area contributed by atoms with Crippen LogP contribution in [-0.4, -0.2) is 19.5 Å². The lowest BCUT2D eigenvalue weighted by molar-refractivity contribution is 1.07. The topological polar surface area (TPSA) is 43.6 Å². The van der Waals surface area contributed by atoms with Crippen LogP contribution in [0.1, 0.15) is 0 Å². The molecule has 11 aromatic rings. The van der Waals surface area contributed by atoms with E-state index in [4.69, 9.17) is 15.0 Å². The zero-order valence-corrected chi connectivity index (χ0v) is 28.6. The van der Waals surface area contributed by atoms with E-state index in [9.17, 15) is 0 Å². The number of nitrogens with zero attached hydrogens (tertiary/aromatic N) is 4. The van der Waals surface area contributed by atoms with Gasteiger partial charge in [0.1, 0.15) is 0 Å². The molecule has 0 fully saturated rings. The van der Waals surface area contributed by atoms with Gasteiger partial charge in [-0.2, -0.15) is 0 Å². The fourth-order valence-electron chi connectivity index (χ4n) is 8.23. The summed E-state index contributed by atoms with van der Waals surface area (Å²) < 4.78 is 2.43. The average Bonchev–Trinajstić information content (AvgIpc) is 3.59. The molecule has 0 atom stereocenters. The molecule has 9 aromatic carbocycles. The zero-order chi connectivity index (χ0) is 34.9. The van der Waals surface area contributed by atoms with E-state index < -0.39 is 0 Å². The van der Waals surface area contributed by atoms with Crippen molar-refractivity contribution in [2.24, 2.45) is 0 Å². The summed E-state index contributed by atoms with van der Waals surface area (Å²) in [6.45, 7) is 0. The van der Waals surface area contributed by atoms with Crippen molar-refractivity contribution >= 4 is 64.9 Å². The Kier molecular flexibility index (Phi) is 6.52. The highest BCUT2D eigenvalue weighted by atomic mass is 15.0. The molecule has 0 saturated heterocycles. The average molecular weight is 675 g/mol. The van der Waals surface area contributed by atoms with Crippen molar-refractivity contribution in [2.45, 2.75) is 0 Å². The largest absolute Gasteiger partial charge is 0.309 e. The van der Waals surface area contributed by atoms with Crippen LogP contribution in [0.25, 0.3) is 105 Å². The van der Waals surface area contributed by atoms with Crippen molar-refractivity contribution in [3.63, 3.8) is 0 Å². The number of hydrogen-bond donors (Lipinski definition) is 0. The van der Waals surface area contributed by atoms with Crippen molar-refractivity contribution in [1.29, 1.82) is 0 Å². The number of rotatable bonds is 4. The lowest BCUT2D eigenvalue weighted by atomic mass is 9.93. The predicted octanol–water partition coefficient (Wildman–Crippen LogP) is 12.6. The third-order valence-electron chi connectivity index (χ3n) is 10.6. The maximum atomic E-state index is 5.12. The van der Waals surface area contributed by atoms with E-state index in [0.29, 0.717) is 17.5 Å². The molecule has 2 heterocycles. The van der Waals surface area contributed by atoms with Crippen LogP contribution in [-0.2, 0) is 0 Å². The number of para-hydroxylation sites is 1. The summed E-state index contributed by atoms with van der Waals surface area (Å²) in [5.74, 6) is 1.94. The van der Waals surface area contributed by atoms with E-state index in [1.807, 2.05) is 18.2 Å². The second-order valence-electron chi connectivity index (χ2n) is 13.6. The summed E-state index contributed by atoms with van der Waals surface area (Å²) >= 11 is 0. The van der Waals surface area contributed by atoms with Gasteiger partial charge in [0.05, 0.1) is 11.0 Å². The standard InChI is InChI=1S/C49H30N4/c1-2-15-33(16-3-1)47-50-48(52-49(51-47)41-23-12-17-31-13-4-6-18-36(31)41)34-25-28-35(29-26-34)53-43-24-11-10-22-42(43)45-44-37-19-7-5-14-32(37)27-30-39(44)38-20-8-9-21-40(38)46(45)53/h1-30H. The van der Waals surface area contributed by atoms with Gasteiger partial charge in [-0.25, -0.2) is 15.0 Å². The fraction of sp³-hybridized carbons (Fsp3) is 0. The highest BCUT2D eigenvalue weighted by molar-refractivity contribution is 6.36. The Balaban J connectivity index is 1.15.